The van der Waals surface area contributed by atoms with E-state index in [2.05, 4.69) is 17.8 Å². The van der Waals surface area contributed by atoms with Crippen molar-refractivity contribution >= 4 is 21.7 Å². The summed E-state index contributed by atoms with van der Waals surface area (Å²) in [6.45, 7) is 2.29. The van der Waals surface area contributed by atoms with E-state index in [0.29, 0.717) is 17.2 Å². The average molecular weight is 402 g/mol. The number of rotatable bonds is 4. The first-order valence-electron chi connectivity index (χ1n) is 10.9. The SMILES string of the molecule is CCC1CCC(n2cc3cc(-n4ccc5ccccc5c4=O)c(OC)cc3n2)CC1. The molecule has 2 aromatic heterocycles. The molecular weight excluding hydrogens is 374 g/mol. The molecule has 1 aliphatic rings. The topological polar surface area (TPSA) is 49.0 Å². The summed E-state index contributed by atoms with van der Waals surface area (Å²) in [5.74, 6) is 1.51. The lowest BCUT2D eigenvalue weighted by atomic mass is 9.85. The van der Waals surface area contributed by atoms with Crippen LogP contribution in [0.1, 0.15) is 45.1 Å². The van der Waals surface area contributed by atoms with E-state index in [-0.39, 0.29) is 5.56 Å². The molecule has 0 amide bonds. The number of pyridine rings is 1. The molecule has 1 fully saturated rings. The molecule has 0 saturated heterocycles. The van der Waals surface area contributed by atoms with Gasteiger partial charge in [-0.3, -0.25) is 14.0 Å². The first-order valence-corrected chi connectivity index (χ1v) is 10.9. The lowest BCUT2D eigenvalue weighted by Gasteiger charge is -2.27. The molecule has 1 saturated carbocycles. The predicted molar refractivity (Wildman–Crippen MR) is 121 cm³/mol. The first kappa shape index (κ1) is 18.9. The monoisotopic (exact) mass is 401 g/mol. The number of hydrogen-bond donors (Lipinski definition) is 0. The van der Waals surface area contributed by atoms with E-state index in [1.165, 1.54) is 32.1 Å². The smallest absolute Gasteiger partial charge is 0.263 e. The first-order chi connectivity index (χ1) is 14.7. The van der Waals surface area contributed by atoms with Gasteiger partial charge in [-0.2, -0.15) is 5.10 Å². The van der Waals surface area contributed by atoms with Crippen molar-refractivity contribution in [2.45, 2.75) is 45.1 Å². The predicted octanol–water partition coefficient (Wildman–Crippen LogP) is 5.49. The van der Waals surface area contributed by atoms with Gasteiger partial charge in [0.2, 0.25) is 0 Å². The van der Waals surface area contributed by atoms with E-state index >= 15 is 0 Å². The summed E-state index contributed by atoms with van der Waals surface area (Å²) in [5.41, 5.74) is 1.60. The normalized spacial score (nSPS) is 19.4. The molecule has 0 unspecified atom stereocenters. The fourth-order valence-corrected chi connectivity index (χ4v) is 4.80. The van der Waals surface area contributed by atoms with Crippen LogP contribution in [0, 0.1) is 5.92 Å². The van der Waals surface area contributed by atoms with Crippen molar-refractivity contribution in [3.8, 4) is 11.4 Å². The number of ether oxygens (including phenoxy) is 1. The largest absolute Gasteiger partial charge is 0.494 e. The van der Waals surface area contributed by atoms with Crippen molar-refractivity contribution in [1.82, 2.24) is 14.3 Å². The second kappa shape index (κ2) is 7.63. The van der Waals surface area contributed by atoms with Gasteiger partial charge >= 0.3 is 0 Å². The van der Waals surface area contributed by atoms with E-state index in [9.17, 15) is 4.79 Å². The molecular formula is C25H27N3O2. The third-order valence-electron chi connectivity index (χ3n) is 6.66. The minimum Gasteiger partial charge on any atom is -0.494 e. The highest BCUT2D eigenvalue weighted by Gasteiger charge is 2.22. The molecule has 0 spiro atoms. The average Bonchev–Trinajstić information content (AvgIpc) is 3.22. The van der Waals surface area contributed by atoms with Gasteiger partial charge in [-0.25, -0.2) is 0 Å². The summed E-state index contributed by atoms with van der Waals surface area (Å²) < 4.78 is 9.45. The number of benzene rings is 2. The Morgan fingerprint density at radius 2 is 1.87 bits per heavy atom. The third kappa shape index (κ3) is 3.18. The van der Waals surface area contributed by atoms with Crippen LogP contribution in [-0.2, 0) is 0 Å². The van der Waals surface area contributed by atoms with Crippen LogP contribution in [0.4, 0.5) is 0 Å². The van der Waals surface area contributed by atoms with Crippen molar-refractivity contribution in [3.63, 3.8) is 0 Å². The second-order valence-corrected chi connectivity index (χ2v) is 8.35. The van der Waals surface area contributed by atoms with E-state index in [1.54, 1.807) is 11.7 Å². The molecule has 30 heavy (non-hydrogen) atoms. The van der Waals surface area contributed by atoms with Gasteiger partial charge < -0.3 is 4.74 Å². The van der Waals surface area contributed by atoms with Gasteiger partial charge in [-0.1, -0.05) is 31.5 Å². The van der Waals surface area contributed by atoms with Gasteiger partial charge in [0.1, 0.15) is 5.75 Å². The molecule has 4 aromatic rings. The second-order valence-electron chi connectivity index (χ2n) is 8.35. The molecule has 0 aliphatic heterocycles. The Morgan fingerprint density at radius 1 is 1.07 bits per heavy atom. The molecule has 5 heteroatoms. The van der Waals surface area contributed by atoms with E-state index in [0.717, 1.165) is 27.9 Å². The number of hydrogen-bond acceptors (Lipinski definition) is 3. The number of fused-ring (bicyclic) bond motifs is 2. The summed E-state index contributed by atoms with van der Waals surface area (Å²) >= 11 is 0. The van der Waals surface area contributed by atoms with Crippen LogP contribution in [0.15, 0.2) is 59.7 Å². The van der Waals surface area contributed by atoms with Crippen molar-refractivity contribution in [2.24, 2.45) is 5.92 Å². The van der Waals surface area contributed by atoms with Gasteiger partial charge in [0.25, 0.3) is 5.56 Å². The lowest BCUT2D eigenvalue weighted by molar-refractivity contribution is 0.257. The lowest BCUT2D eigenvalue weighted by Crippen LogP contribution is -2.18. The van der Waals surface area contributed by atoms with Crippen LogP contribution >= 0.6 is 0 Å². The minimum atomic E-state index is -0.0453. The number of aromatic nitrogens is 3. The Bertz CT molecular complexity index is 1260. The Morgan fingerprint density at radius 3 is 2.63 bits per heavy atom. The fourth-order valence-electron chi connectivity index (χ4n) is 4.80. The van der Waals surface area contributed by atoms with Gasteiger partial charge in [-0.05, 0) is 55.2 Å². The Balaban J connectivity index is 1.58. The molecule has 0 bridgehead atoms. The van der Waals surface area contributed by atoms with Crippen LogP contribution in [0.25, 0.3) is 27.4 Å². The van der Waals surface area contributed by atoms with Crippen molar-refractivity contribution in [2.75, 3.05) is 7.11 Å². The minimum absolute atomic E-state index is 0.0453. The van der Waals surface area contributed by atoms with Crippen LogP contribution in [-0.4, -0.2) is 21.5 Å². The molecule has 0 atom stereocenters. The molecule has 154 valence electrons. The summed E-state index contributed by atoms with van der Waals surface area (Å²) in [7, 11) is 1.64. The quantitative estimate of drug-likeness (QED) is 0.454. The van der Waals surface area contributed by atoms with Crippen LogP contribution < -0.4 is 10.3 Å². The summed E-state index contributed by atoms with van der Waals surface area (Å²) in [6.07, 6.45) is 10.1. The highest BCUT2D eigenvalue weighted by molar-refractivity contribution is 5.85. The van der Waals surface area contributed by atoms with Gasteiger partial charge in [-0.15, -0.1) is 0 Å². The van der Waals surface area contributed by atoms with Crippen LogP contribution in [0.2, 0.25) is 0 Å². The zero-order valence-electron chi connectivity index (χ0n) is 17.5. The maximum Gasteiger partial charge on any atom is 0.263 e. The van der Waals surface area contributed by atoms with E-state index in [4.69, 9.17) is 9.84 Å². The summed E-state index contributed by atoms with van der Waals surface area (Å²) in [4.78, 5) is 13.1. The van der Waals surface area contributed by atoms with Crippen LogP contribution in [0.3, 0.4) is 0 Å². The molecule has 0 radical (unpaired) electrons. The summed E-state index contributed by atoms with van der Waals surface area (Å²) in [5, 5.41) is 7.52. The number of methoxy groups -OCH3 is 1. The van der Waals surface area contributed by atoms with Crippen LogP contribution in [0.5, 0.6) is 5.75 Å². The molecule has 1 aliphatic carbocycles. The van der Waals surface area contributed by atoms with E-state index < -0.39 is 0 Å². The van der Waals surface area contributed by atoms with Crippen molar-refractivity contribution in [1.29, 1.82) is 0 Å². The highest BCUT2D eigenvalue weighted by atomic mass is 16.5. The summed E-state index contributed by atoms with van der Waals surface area (Å²) in [6, 6.07) is 14.1. The molecule has 5 rings (SSSR count). The molecule has 5 nitrogen and oxygen atoms in total. The molecule has 2 heterocycles. The van der Waals surface area contributed by atoms with Crippen molar-refractivity contribution < 1.29 is 4.74 Å². The standard InChI is InChI=1S/C25H27N3O2/c1-3-17-8-10-20(11-9-17)28-16-19-14-23(24(30-2)15-22(19)26-28)27-13-12-18-6-4-5-7-21(18)25(27)29/h4-7,12-17,20H,3,8-11H2,1-2H3. The van der Waals surface area contributed by atoms with Gasteiger partial charge in [0.05, 0.1) is 24.4 Å². The number of nitrogens with zero attached hydrogens (tertiary/aromatic N) is 3. The molecule has 2 aromatic carbocycles. The Hall–Kier alpha value is -3.08. The maximum absolute atomic E-state index is 13.1. The van der Waals surface area contributed by atoms with E-state index in [1.807, 2.05) is 48.7 Å². The zero-order chi connectivity index (χ0) is 20.7. The molecule has 0 N–H and O–H groups in total. The fraction of sp³-hybridized carbons (Fsp3) is 0.360. The Labute approximate surface area is 175 Å². The van der Waals surface area contributed by atoms with Crippen molar-refractivity contribution in [3.05, 3.63) is 65.2 Å². The zero-order valence-corrected chi connectivity index (χ0v) is 17.5. The van der Waals surface area contributed by atoms with Gasteiger partial charge in [0.15, 0.2) is 0 Å². The maximum atomic E-state index is 13.1. The Kier molecular flexibility index (Phi) is 4.81. The highest BCUT2D eigenvalue weighted by Crippen LogP contribution is 2.35. The van der Waals surface area contributed by atoms with Gasteiger partial charge in [0, 0.05) is 29.2 Å². The third-order valence-corrected chi connectivity index (χ3v) is 6.66.